The van der Waals surface area contributed by atoms with E-state index in [0.29, 0.717) is 36.5 Å². The molecule has 2 atom stereocenters. The van der Waals surface area contributed by atoms with E-state index >= 15 is 0 Å². The van der Waals surface area contributed by atoms with Crippen molar-refractivity contribution in [1.82, 2.24) is 19.4 Å². The zero-order chi connectivity index (χ0) is 26.0. The number of anilines is 1. The van der Waals surface area contributed by atoms with Crippen LogP contribution in [0.25, 0.3) is 11.0 Å². The Labute approximate surface area is 248 Å². The van der Waals surface area contributed by atoms with Crippen LogP contribution in [-0.2, 0) is 7.05 Å². The molecule has 1 aromatic carbocycles. The number of hydrogen-bond acceptors (Lipinski definition) is 6. The molecule has 0 amide bonds. The summed E-state index contributed by atoms with van der Waals surface area (Å²) in [6.45, 7) is 14.3. The first-order valence-electron chi connectivity index (χ1n) is 12.1. The van der Waals surface area contributed by atoms with Crippen molar-refractivity contribution in [3.63, 3.8) is 0 Å². The molecule has 0 aliphatic carbocycles. The maximum absolute atomic E-state index is 13.7. The molecule has 1 saturated heterocycles. The molecule has 3 heterocycles. The Kier molecular flexibility index (Phi) is 11.0. The summed E-state index contributed by atoms with van der Waals surface area (Å²) in [5.41, 5.74) is 4.23. The van der Waals surface area contributed by atoms with E-state index in [1.807, 2.05) is 12.1 Å². The Hall–Kier alpha value is -2.78. The molecule has 0 saturated carbocycles. The minimum atomic E-state index is -0.371. The third-order valence-electron chi connectivity index (χ3n) is 7.04. The van der Waals surface area contributed by atoms with E-state index in [9.17, 15) is 14.4 Å². The number of piperazine rings is 1. The van der Waals surface area contributed by atoms with Crippen LogP contribution in [0.4, 0.5) is 10.2 Å². The summed E-state index contributed by atoms with van der Waals surface area (Å²) in [4.78, 5) is 25.8. The number of nitriles is 1. The molecule has 1 fully saturated rings. The number of pyridine rings is 1. The Balaban J connectivity index is 0.00000253. The van der Waals surface area contributed by atoms with Gasteiger partial charge in [-0.3, -0.25) is 11.1 Å². The number of allylic oxidation sites excluding steroid dienone is 1. The third kappa shape index (κ3) is 6.10. The average Bonchev–Trinajstić information content (AvgIpc) is 2.89. The van der Waals surface area contributed by atoms with Crippen molar-refractivity contribution in [3.05, 3.63) is 95.2 Å². The number of halogens is 1. The molecule has 38 heavy (non-hydrogen) atoms. The number of hydrogen-bond donors (Lipinski definition) is 0. The summed E-state index contributed by atoms with van der Waals surface area (Å²) in [6.07, 6.45) is 2.51. The van der Waals surface area contributed by atoms with E-state index in [1.165, 1.54) is 22.3 Å². The number of benzene rings is 1. The molecule has 0 radical (unpaired) electrons. The van der Waals surface area contributed by atoms with E-state index in [1.54, 1.807) is 25.3 Å². The number of rotatable bonds is 6. The first-order valence-corrected chi connectivity index (χ1v) is 12.1. The molecule has 4 rings (SSSR count). The van der Waals surface area contributed by atoms with Crippen LogP contribution in [0, 0.1) is 62.3 Å². The van der Waals surface area contributed by atoms with E-state index in [4.69, 9.17) is 6.58 Å². The van der Waals surface area contributed by atoms with Crippen LogP contribution >= 0.6 is 0 Å². The van der Waals surface area contributed by atoms with Crippen LogP contribution < -0.4 is 10.6 Å². The van der Waals surface area contributed by atoms with Gasteiger partial charge in [-0.25, -0.2) is 20.2 Å². The molecule has 3 aromatic rings. The fraction of sp³-hybridized carbons (Fsp3) is 0.345. The largest absolute Gasteiger partial charge is 2.00 e. The predicted octanol–water partition coefficient (Wildman–Crippen LogP) is 4.76. The molecule has 2 aromatic heterocycles. The second kappa shape index (κ2) is 13.3. The summed E-state index contributed by atoms with van der Waals surface area (Å²) >= 11 is 0. The molecule has 1 aliphatic rings. The molecule has 0 N–H and O–H groups in total. The number of fused-ring (bicyclic) bond motifs is 1. The molecular formula is C29H33FN6OU. The van der Waals surface area contributed by atoms with Crippen LogP contribution in [0.15, 0.2) is 58.4 Å². The predicted molar refractivity (Wildman–Crippen MR) is 145 cm³/mol. The Morgan fingerprint density at radius 1 is 1.24 bits per heavy atom. The van der Waals surface area contributed by atoms with Crippen molar-refractivity contribution in [2.75, 3.05) is 24.5 Å². The number of nitrogens with zero attached hydrogens (tertiary/aromatic N) is 6. The first kappa shape index (κ1) is 31.4. The molecule has 9 heteroatoms. The van der Waals surface area contributed by atoms with Crippen molar-refractivity contribution >= 4 is 16.9 Å². The molecule has 2 unspecified atom stereocenters. The second-order valence-corrected chi connectivity index (χ2v) is 9.20. The van der Waals surface area contributed by atoms with Gasteiger partial charge in [-0.15, -0.1) is 0 Å². The first-order chi connectivity index (χ1) is 17.3. The van der Waals surface area contributed by atoms with E-state index in [-0.39, 0.29) is 67.8 Å². The van der Waals surface area contributed by atoms with Crippen molar-refractivity contribution in [3.8, 4) is 6.07 Å². The quantitative estimate of drug-likeness (QED) is 0.269. The van der Waals surface area contributed by atoms with Crippen LogP contribution in [-0.4, -0.2) is 45.1 Å². The van der Waals surface area contributed by atoms with Gasteiger partial charge in [0.25, 0.3) is 0 Å². The topological polar surface area (TPSA) is 78.0 Å². The fourth-order valence-corrected chi connectivity index (χ4v) is 4.90. The molecular weight excluding hydrogens is 705 g/mol. The van der Waals surface area contributed by atoms with Crippen LogP contribution in [0.1, 0.15) is 44.5 Å². The van der Waals surface area contributed by atoms with Gasteiger partial charge in [-0.1, -0.05) is 32.4 Å². The normalized spacial score (nSPS) is 17.1. The van der Waals surface area contributed by atoms with Gasteiger partial charge in [-0.2, -0.15) is 21.4 Å². The Morgan fingerprint density at radius 3 is 2.50 bits per heavy atom. The minimum Gasteiger partial charge on any atom is -0.358 e. The van der Waals surface area contributed by atoms with Gasteiger partial charge in [0.15, 0.2) is 5.82 Å². The van der Waals surface area contributed by atoms with Gasteiger partial charge >= 0.3 is 36.8 Å². The summed E-state index contributed by atoms with van der Waals surface area (Å²) in [5, 5.41) is 9.36. The summed E-state index contributed by atoms with van der Waals surface area (Å²) in [7, 11) is 1.65. The SMILES string of the molecule is [CH-]=CC(=C(C)CC)C(c1ccc(F)cc1)N1CCN(c2nc(=O)n(C)c3ccc(C#N)nc23)CC1C.[CH3-].[U+2]. The number of aryl methyl sites for hydroxylation is 1. The molecule has 7 nitrogen and oxygen atoms in total. The molecule has 0 spiro atoms. The maximum Gasteiger partial charge on any atom is 2.00 e. The van der Waals surface area contributed by atoms with Gasteiger partial charge < -0.3 is 17.2 Å². The monoisotopic (exact) mass is 738 g/mol. The van der Waals surface area contributed by atoms with Gasteiger partial charge in [0, 0.05) is 32.7 Å². The minimum absolute atomic E-state index is 0. The standard InChI is InChI=1S/C28H30FN6O.CH3.U/c1-6-18(3)23(7-2)26(20-8-10-21(29)11-9-20)35-15-14-34(17-19(35)4)27-25-24(33(5)28(36)32-27)13-12-22(16-30)31-25;;/h2,7-13,19,26H,6,14-15,17H2,1,3-5H3;1H3;/q2*-1;+2. The summed E-state index contributed by atoms with van der Waals surface area (Å²) < 4.78 is 15.2. The van der Waals surface area contributed by atoms with Crippen molar-refractivity contribution < 1.29 is 35.5 Å². The van der Waals surface area contributed by atoms with Gasteiger partial charge in [-0.05, 0) is 42.8 Å². The molecule has 0 bridgehead atoms. The van der Waals surface area contributed by atoms with Crippen LogP contribution in [0.2, 0.25) is 0 Å². The van der Waals surface area contributed by atoms with Crippen molar-refractivity contribution in [2.45, 2.75) is 39.3 Å². The van der Waals surface area contributed by atoms with E-state index in [2.05, 4.69) is 46.6 Å². The van der Waals surface area contributed by atoms with Crippen LogP contribution in [0.3, 0.4) is 0 Å². The van der Waals surface area contributed by atoms with Gasteiger partial charge in [0.2, 0.25) is 0 Å². The zero-order valence-corrected chi connectivity index (χ0v) is 26.7. The van der Waals surface area contributed by atoms with E-state index < -0.39 is 0 Å². The zero-order valence-electron chi connectivity index (χ0n) is 22.6. The Morgan fingerprint density at radius 2 is 1.92 bits per heavy atom. The second-order valence-electron chi connectivity index (χ2n) is 9.20. The number of aromatic nitrogens is 3. The smallest absolute Gasteiger partial charge is 0.358 e. The maximum atomic E-state index is 13.7. The summed E-state index contributed by atoms with van der Waals surface area (Å²) in [6, 6.07) is 11.9. The Bertz CT molecular complexity index is 1430. The summed E-state index contributed by atoms with van der Waals surface area (Å²) in [5.74, 6) is 0.207. The average molecular weight is 739 g/mol. The fourth-order valence-electron chi connectivity index (χ4n) is 4.90. The van der Waals surface area contributed by atoms with Crippen molar-refractivity contribution in [2.24, 2.45) is 7.05 Å². The van der Waals surface area contributed by atoms with Gasteiger partial charge in [0.1, 0.15) is 23.1 Å². The van der Waals surface area contributed by atoms with Crippen LogP contribution in [0.5, 0.6) is 0 Å². The van der Waals surface area contributed by atoms with E-state index in [0.717, 1.165) is 17.6 Å². The molecule has 1 aliphatic heterocycles. The van der Waals surface area contributed by atoms with Crippen molar-refractivity contribution in [1.29, 1.82) is 5.26 Å². The third-order valence-corrected chi connectivity index (χ3v) is 7.04. The molecule has 196 valence electrons. The van der Waals surface area contributed by atoms with Gasteiger partial charge in [0.05, 0.1) is 5.52 Å².